The van der Waals surface area contributed by atoms with Crippen LogP contribution in [0.25, 0.3) is 0 Å². The van der Waals surface area contributed by atoms with Crippen LogP contribution in [0.15, 0.2) is 0 Å². The van der Waals surface area contributed by atoms with E-state index >= 15 is 0 Å². The van der Waals surface area contributed by atoms with Crippen LogP contribution < -0.4 is 5.32 Å². The second-order valence-corrected chi connectivity index (χ2v) is 6.30. The lowest BCUT2D eigenvalue weighted by Gasteiger charge is -2.36. The molecule has 108 valence electrons. The highest BCUT2D eigenvalue weighted by Gasteiger charge is 2.47. The zero-order valence-electron chi connectivity index (χ0n) is 10.7. The normalized spacial score (nSPS) is 26.6. The Hall–Kier alpha value is -0.890. The summed E-state index contributed by atoms with van der Waals surface area (Å²) < 4.78 is 40.3. The number of rotatable bonds is 3. The molecule has 4 nitrogen and oxygen atoms in total. The molecule has 1 saturated carbocycles. The Balaban J connectivity index is 2.01. The van der Waals surface area contributed by atoms with Crippen molar-refractivity contribution >= 4 is 16.7 Å². The van der Waals surface area contributed by atoms with Crippen LogP contribution in [0.4, 0.5) is 18.3 Å². The van der Waals surface area contributed by atoms with Gasteiger partial charge in [-0.2, -0.15) is 22.5 Å². The molecule has 1 unspecified atom stereocenters. The van der Waals surface area contributed by atoms with E-state index in [0.29, 0.717) is 18.0 Å². The van der Waals surface area contributed by atoms with Gasteiger partial charge in [0.05, 0.1) is 5.60 Å². The Morgan fingerprint density at radius 1 is 1.37 bits per heavy atom. The molecule has 0 aromatic carbocycles. The van der Waals surface area contributed by atoms with E-state index in [1.807, 2.05) is 13.8 Å². The van der Waals surface area contributed by atoms with Gasteiger partial charge in [0.1, 0.15) is 0 Å². The van der Waals surface area contributed by atoms with E-state index in [1.165, 1.54) is 0 Å². The van der Waals surface area contributed by atoms with E-state index in [1.54, 1.807) is 0 Å². The minimum absolute atomic E-state index is 0.0865. The second kappa shape index (κ2) is 4.59. The van der Waals surface area contributed by atoms with E-state index in [-0.39, 0.29) is 17.1 Å². The molecule has 8 heteroatoms. The first-order valence-corrected chi connectivity index (χ1v) is 6.79. The lowest BCUT2D eigenvalue weighted by Crippen LogP contribution is -2.45. The number of alkyl halides is 3. The Labute approximate surface area is 113 Å². The van der Waals surface area contributed by atoms with Crippen molar-refractivity contribution in [2.75, 3.05) is 11.9 Å². The molecule has 0 amide bonds. The van der Waals surface area contributed by atoms with Gasteiger partial charge in [0.15, 0.2) is 0 Å². The average molecular weight is 295 g/mol. The maximum Gasteiger partial charge on any atom is 0.452 e. The molecule has 1 aliphatic rings. The van der Waals surface area contributed by atoms with Gasteiger partial charge in [-0.05, 0) is 24.7 Å². The maximum absolute atomic E-state index is 12.3. The highest BCUT2D eigenvalue weighted by Crippen LogP contribution is 2.45. The molecule has 1 aromatic heterocycles. The van der Waals surface area contributed by atoms with E-state index in [9.17, 15) is 18.3 Å². The molecule has 2 rings (SSSR count). The van der Waals surface area contributed by atoms with Crippen molar-refractivity contribution in [1.29, 1.82) is 0 Å². The molecule has 0 aliphatic heterocycles. The SMILES string of the molecule is CC1(C)CCCC1(O)CNc1nc(C(F)(F)F)ns1. The van der Waals surface area contributed by atoms with Crippen molar-refractivity contribution in [2.24, 2.45) is 5.41 Å². The van der Waals surface area contributed by atoms with Gasteiger partial charge in [-0.25, -0.2) is 0 Å². The Kier molecular flexibility index (Phi) is 3.51. The van der Waals surface area contributed by atoms with Crippen molar-refractivity contribution in [3.63, 3.8) is 0 Å². The fourth-order valence-corrected chi connectivity index (χ4v) is 2.94. The van der Waals surface area contributed by atoms with E-state index in [4.69, 9.17) is 0 Å². The molecular weight excluding hydrogens is 279 g/mol. The van der Waals surface area contributed by atoms with E-state index in [2.05, 4.69) is 14.7 Å². The van der Waals surface area contributed by atoms with Crippen molar-refractivity contribution in [3.05, 3.63) is 5.82 Å². The summed E-state index contributed by atoms with van der Waals surface area (Å²) in [5, 5.41) is 13.4. The van der Waals surface area contributed by atoms with Crippen molar-refractivity contribution in [2.45, 2.75) is 44.9 Å². The molecular formula is C11H16F3N3OS. The fraction of sp³-hybridized carbons (Fsp3) is 0.818. The van der Waals surface area contributed by atoms with Crippen LogP contribution in [-0.4, -0.2) is 26.6 Å². The van der Waals surface area contributed by atoms with Crippen LogP contribution in [0.2, 0.25) is 0 Å². The highest BCUT2D eigenvalue weighted by atomic mass is 32.1. The Morgan fingerprint density at radius 3 is 2.53 bits per heavy atom. The standard InChI is InChI=1S/C11H16F3N3OS/c1-9(2)4-3-5-10(9,18)6-15-8-16-7(17-19-8)11(12,13)14/h18H,3-6H2,1-2H3,(H,15,16,17). The summed E-state index contributed by atoms with van der Waals surface area (Å²) in [5.41, 5.74) is -1.17. The Morgan fingerprint density at radius 2 is 2.05 bits per heavy atom. The minimum Gasteiger partial charge on any atom is -0.387 e. The lowest BCUT2D eigenvalue weighted by atomic mass is 9.78. The molecule has 0 saturated heterocycles. The third-order valence-corrected chi connectivity index (χ3v) is 4.54. The number of anilines is 1. The van der Waals surface area contributed by atoms with Crippen LogP contribution in [0.3, 0.4) is 0 Å². The summed E-state index contributed by atoms with van der Waals surface area (Å²) in [6, 6.07) is 0. The van der Waals surface area contributed by atoms with Gasteiger partial charge in [-0.15, -0.1) is 0 Å². The number of nitrogens with zero attached hydrogens (tertiary/aromatic N) is 2. The van der Waals surface area contributed by atoms with E-state index in [0.717, 1.165) is 12.8 Å². The highest BCUT2D eigenvalue weighted by molar-refractivity contribution is 7.09. The number of halogens is 3. The molecule has 1 aromatic rings. The zero-order valence-corrected chi connectivity index (χ0v) is 11.5. The molecule has 1 atom stereocenters. The fourth-order valence-electron chi connectivity index (χ4n) is 2.35. The molecule has 19 heavy (non-hydrogen) atoms. The third kappa shape index (κ3) is 2.84. The molecule has 1 heterocycles. The quantitative estimate of drug-likeness (QED) is 0.900. The summed E-state index contributed by atoms with van der Waals surface area (Å²) in [6.45, 7) is 4.11. The monoisotopic (exact) mass is 295 g/mol. The van der Waals surface area contributed by atoms with Gasteiger partial charge in [-0.3, -0.25) is 0 Å². The summed E-state index contributed by atoms with van der Waals surface area (Å²) in [6.07, 6.45) is -2.08. The summed E-state index contributed by atoms with van der Waals surface area (Å²) in [4.78, 5) is 3.38. The average Bonchev–Trinajstić information content (AvgIpc) is 2.82. The smallest absolute Gasteiger partial charge is 0.387 e. The Bertz CT molecular complexity index is 460. The largest absolute Gasteiger partial charge is 0.452 e. The number of hydrogen-bond acceptors (Lipinski definition) is 5. The molecule has 2 N–H and O–H groups in total. The van der Waals surface area contributed by atoms with Crippen LogP contribution in [0.1, 0.15) is 38.9 Å². The minimum atomic E-state index is -4.53. The first-order valence-electron chi connectivity index (χ1n) is 6.01. The van der Waals surface area contributed by atoms with Crippen LogP contribution in [0.5, 0.6) is 0 Å². The second-order valence-electron chi connectivity index (χ2n) is 5.54. The summed E-state index contributed by atoms with van der Waals surface area (Å²) in [7, 11) is 0. The van der Waals surface area contributed by atoms with Gasteiger partial charge < -0.3 is 10.4 Å². The summed E-state index contributed by atoms with van der Waals surface area (Å²) >= 11 is 0.655. The molecule has 0 spiro atoms. The molecule has 0 bridgehead atoms. The molecule has 1 aliphatic carbocycles. The van der Waals surface area contributed by atoms with Gasteiger partial charge in [0.2, 0.25) is 11.0 Å². The maximum atomic E-state index is 12.3. The number of aromatic nitrogens is 2. The zero-order chi connectivity index (χ0) is 14.3. The van der Waals surface area contributed by atoms with Crippen LogP contribution in [0, 0.1) is 5.41 Å². The topological polar surface area (TPSA) is 58.0 Å². The van der Waals surface area contributed by atoms with Crippen LogP contribution in [-0.2, 0) is 6.18 Å². The predicted molar refractivity (Wildman–Crippen MR) is 66.0 cm³/mol. The van der Waals surface area contributed by atoms with Gasteiger partial charge in [-0.1, -0.05) is 13.8 Å². The van der Waals surface area contributed by atoms with Crippen LogP contribution >= 0.6 is 11.5 Å². The van der Waals surface area contributed by atoms with E-state index < -0.39 is 17.6 Å². The lowest BCUT2D eigenvalue weighted by molar-refractivity contribution is -0.144. The number of nitrogens with one attached hydrogen (secondary N) is 1. The van der Waals surface area contributed by atoms with Crippen molar-refractivity contribution < 1.29 is 18.3 Å². The third-order valence-electron chi connectivity index (χ3n) is 3.86. The molecule has 1 fully saturated rings. The first-order chi connectivity index (χ1) is 8.64. The predicted octanol–water partition coefficient (Wildman–Crippen LogP) is 2.91. The van der Waals surface area contributed by atoms with Crippen molar-refractivity contribution in [3.8, 4) is 0 Å². The number of aliphatic hydroxyl groups is 1. The molecule has 0 radical (unpaired) electrons. The first kappa shape index (κ1) is 14.5. The number of hydrogen-bond donors (Lipinski definition) is 2. The summed E-state index contributed by atoms with van der Waals surface area (Å²) in [5.74, 6) is -1.14. The van der Waals surface area contributed by atoms with Gasteiger partial charge in [0, 0.05) is 18.1 Å². The van der Waals surface area contributed by atoms with Gasteiger partial charge in [0.25, 0.3) is 0 Å². The van der Waals surface area contributed by atoms with Gasteiger partial charge >= 0.3 is 6.18 Å². The van der Waals surface area contributed by atoms with Crippen molar-refractivity contribution in [1.82, 2.24) is 9.36 Å².